The van der Waals surface area contributed by atoms with Crippen LogP contribution in [-0.4, -0.2) is 0 Å². The van der Waals surface area contributed by atoms with E-state index in [0.29, 0.717) is 0 Å². The van der Waals surface area contributed by atoms with E-state index in [1.165, 1.54) is 31.2 Å². The second-order valence-corrected chi connectivity index (χ2v) is 5.53. The molecule has 88 valence electrons. The average molecular weight is 217 g/mol. The van der Waals surface area contributed by atoms with Gasteiger partial charge in [-0.25, -0.2) is 0 Å². The molecule has 1 aliphatic rings. The number of nitrogen functional groups attached to an aromatic ring is 1. The fraction of sp³-hybridized carbons (Fsp3) is 0.600. The van der Waals surface area contributed by atoms with Gasteiger partial charge in [-0.05, 0) is 61.1 Å². The van der Waals surface area contributed by atoms with Crippen molar-refractivity contribution in [1.29, 1.82) is 0 Å². The Morgan fingerprint density at radius 1 is 1.12 bits per heavy atom. The molecule has 1 aromatic carbocycles. The summed E-state index contributed by atoms with van der Waals surface area (Å²) < 4.78 is 0. The lowest BCUT2D eigenvalue weighted by molar-refractivity contribution is 0.259. The summed E-state index contributed by atoms with van der Waals surface area (Å²) in [7, 11) is 0. The third-order valence-electron chi connectivity index (χ3n) is 4.10. The van der Waals surface area contributed by atoms with Crippen LogP contribution in [0.5, 0.6) is 0 Å². The summed E-state index contributed by atoms with van der Waals surface area (Å²) in [5.41, 5.74) is 8.19. The SMILES string of the molecule is CC(C)C1CCC(c2cccc(N)c2)CC1. The van der Waals surface area contributed by atoms with Crippen molar-refractivity contribution >= 4 is 5.69 Å². The number of nitrogens with two attached hydrogens (primary N) is 1. The van der Waals surface area contributed by atoms with Gasteiger partial charge < -0.3 is 5.73 Å². The Kier molecular flexibility index (Phi) is 3.52. The molecule has 0 aliphatic heterocycles. The van der Waals surface area contributed by atoms with Crippen LogP contribution in [0.15, 0.2) is 24.3 Å². The molecule has 0 radical (unpaired) electrons. The summed E-state index contributed by atoms with van der Waals surface area (Å²) in [6.45, 7) is 4.71. The molecule has 1 nitrogen and oxygen atoms in total. The molecule has 0 amide bonds. The summed E-state index contributed by atoms with van der Waals surface area (Å²) in [5, 5.41) is 0. The molecule has 1 heteroatoms. The molecule has 0 atom stereocenters. The number of rotatable bonds is 2. The highest BCUT2D eigenvalue weighted by Gasteiger charge is 2.23. The summed E-state index contributed by atoms with van der Waals surface area (Å²) in [5.74, 6) is 2.54. The van der Waals surface area contributed by atoms with Gasteiger partial charge in [-0.3, -0.25) is 0 Å². The topological polar surface area (TPSA) is 26.0 Å². The minimum atomic E-state index is 0.749. The van der Waals surface area contributed by atoms with Gasteiger partial charge in [-0.1, -0.05) is 26.0 Å². The van der Waals surface area contributed by atoms with E-state index in [1.807, 2.05) is 6.07 Å². The highest BCUT2D eigenvalue weighted by Crippen LogP contribution is 2.38. The molecule has 0 unspecified atom stereocenters. The lowest BCUT2D eigenvalue weighted by atomic mass is 9.75. The summed E-state index contributed by atoms with van der Waals surface area (Å²) in [6.07, 6.45) is 5.45. The zero-order valence-corrected chi connectivity index (χ0v) is 10.4. The minimum absolute atomic E-state index is 0.749. The Balaban J connectivity index is 1.99. The van der Waals surface area contributed by atoms with Crippen molar-refractivity contribution in [3.8, 4) is 0 Å². The van der Waals surface area contributed by atoms with E-state index in [4.69, 9.17) is 5.73 Å². The Hall–Kier alpha value is -0.980. The van der Waals surface area contributed by atoms with Gasteiger partial charge in [0.05, 0.1) is 0 Å². The highest BCUT2D eigenvalue weighted by molar-refractivity contribution is 5.41. The second kappa shape index (κ2) is 4.90. The van der Waals surface area contributed by atoms with Crippen LogP contribution in [0, 0.1) is 11.8 Å². The van der Waals surface area contributed by atoms with E-state index < -0.39 is 0 Å². The highest BCUT2D eigenvalue weighted by atomic mass is 14.5. The van der Waals surface area contributed by atoms with Crippen LogP contribution >= 0.6 is 0 Å². The van der Waals surface area contributed by atoms with Crippen LogP contribution in [0.1, 0.15) is 51.0 Å². The van der Waals surface area contributed by atoms with Gasteiger partial charge in [0.1, 0.15) is 0 Å². The second-order valence-electron chi connectivity index (χ2n) is 5.53. The lowest BCUT2D eigenvalue weighted by Gasteiger charge is -2.31. The fourth-order valence-corrected chi connectivity index (χ4v) is 2.93. The number of anilines is 1. The van der Waals surface area contributed by atoms with Gasteiger partial charge in [-0.2, -0.15) is 0 Å². The molecule has 0 aromatic heterocycles. The molecule has 1 aromatic rings. The summed E-state index contributed by atoms with van der Waals surface area (Å²) in [4.78, 5) is 0. The van der Waals surface area contributed by atoms with Crippen LogP contribution in [0.3, 0.4) is 0 Å². The Morgan fingerprint density at radius 2 is 1.81 bits per heavy atom. The summed E-state index contributed by atoms with van der Waals surface area (Å²) >= 11 is 0. The first-order chi connectivity index (χ1) is 7.66. The van der Waals surface area contributed by atoms with Gasteiger partial charge in [0.2, 0.25) is 0 Å². The van der Waals surface area contributed by atoms with E-state index in [9.17, 15) is 0 Å². The van der Waals surface area contributed by atoms with Crippen molar-refractivity contribution in [2.75, 3.05) is 5.73 Å². The first-order valence-corrected chi connectivity index (χ1v) is 6.52. The van der Waals surface area contributed by atoms with Crippen LogP contribution < -0.4 is 5.73 Å². The van der Waals surface area contributed by atoms with Crippen LogP contribution in [0.4, 0.5) is 5.69 Å². The molecule has 2 rings (SSSR count). The zero-order chi connectivity index (χ0) is 11.5. The number of hydrogen-bond donors (Lipinski definition) is 1. The molecule has 16 heavy (non-hydrogen) atoms. The van der Waals surface area contributed by atoms with Gasteiger partial charge in [0.15, 0.2) is 0 Å². The molecule has 1 fully saturated rings. The van der Waals surface area contributed by atoms with E-state index in [-0.39, 0.29) is 0 Å². The predicted octanol–water partition coefficient (Wildman–Crippen LogP) is 4.20. The van der Waals surface area contributed by atoms with Gasteiger partial charge in [0.25, 0.3) is 0 Å². The molecular weight excluding hydrogens is 194 g/mol. The van der Waals surface area contributed by atoms with Crippen molar-refractivity contribution in [3.63, 3.8) is 0 Å². The maximum absolute atomic E-state index is 5.84. The van der Waals surface area contributed by atoms with Crippen molar-refractivity contribution in [2.45, 2.75) is 45.4 Å². The van der Waals surface area contributed by atoms with Crippen molar-refractivity contribution in [3.05, 3.63) is 29.8 Å². The van der Waals surface area contributed by atoms with Crippen LogP contribution in [-0.2, 0) is 0 Å². The molecule has 2 N–H and O–H groups in total. The minimum Gasteiger partial charge on any atom is -0.399 e. The average Bonchev–Trinajstić information content (AvgIpc) is 2.29. The fourth-order valence-electron chi connectivity index (χ4n) is 2.93. The van der Waals surface area contributed by atoms with E-state index in [0.717, 1.165) is 23.4 Å². The largest absolute Gasteiger partial charge is 0.399 e. The first-order valence-electron chi connectivity index (χ1n) is 6.52. The first kappa shape index (κ1) is 11.5. The Labute approximate surface area is 99.0 Å². The standard InChI is InChI=1S/C15H23N/c1-11(2)12-6-8-13(9-7-12)14-4-3-5-15(16)10-14/h3-5,10-13H,6-9,16H2,1-2H3. The van der Waals surface area contributed by atoms with E-state index in [2.05, 4.69) is 32.0 Å². The van der Waals surface area contributed by atoms with E-state index >= 15 is 0 Å². The Morgan fingerprint density at radius 3 is 2.38 bits per heavy atom. The third-order valence-corrected chi connectivity index (χ3v) is 4.10. The maximum Gasteiger partial charge on any atom is 0.0316 e. The molecule has 0 spiro atoms. The molecule has 0 saturated heterocycles. The van der Waals surface area contributed by atoms with E-state index in [1.54, 1.807) is 0 Å². The van der Waals surface area contributed by atoms with Crippen molar-refractivity contribution in [1.82, 2.24) is 0 Å². The predicted molar refractivity (Wildman–Crippen MR) is 70.4 cm³/mol. The van der Waals surface area contributed by atoms with Crippen LogP contribution in [0.25, 0.3) is 0 Å². The van der Waals surface area contributed by atoms with Gasteiger partial charge in [0, 0.05) is 5.69 Å². The molecule has 1 saturated carbocycles. The van der Waals surface area contributed by atoms with Crippen molar-refractivity contribution in [2.24, 2.45) is 11.8 Å². The molecule has 0 heterocycles. The molecule has 1 aliphatic carbocycles. The maximum atomic E-state index is 5.84. The third kappa shape index (κ3) is 2.58. The monoisotopic (exact) mass is 217 g/mol. The van der Waals surface area contributed by atoms with Crippen LogP contribution in [0.2, 0.25) is 0 Å². The summed E-state index contributed by atoms with van der Waals surface area (Å²) in [6, 6.07) is 8.44. The zero-order valence-electron chi connectivity index (χ0n) is 10.4. The molecular formula is C15H23N. The quantitative estimate of drug-likeness (QED) is 0.738. The Bertz CT molecular complexity index is 335. The normalized spacial score (nSPS) is 25.9. The van der Waals surface area contributed by atoms with Gasteiger partial charge in [-0.15, -0.1) is 0 Å². The smallest absolute Gasteiger partial charge is 0.0316 e. The van der Waals surface area contributed by atoms with Gasteiger partial charge >= 0.3 is 0 Å². The lowest BCUT2D eigenvalue weighted by Crippen LogP contribution is -2.17. The molecule has 0 bridgehead atoms. The number of benzene rings is 1. The number of hydrogen-bond acceptors (Lipinski definition) is 1. The van der Waals surface area contributed by atoms with Crippen molar-refractivity contribution < 1.29 is 0 Å².